The maximum atomic E-state index is 4.10. The van der Waals surface area contributed by atoms with Crippen molar-refractivity contribution in [2.75, 3.05) is 33.7 Å². The molecule has 1 unspecified atom stereocenters. The second-order valence-electron chi connectivity index (χ2n) is 4.48. The largest absolute Gasteiger partial charge is 0.359 e. The first-order valence-electron chi connectivity index (χ1n) is 6.40. The second-order valence-corrected chi connectivity index (χ2v) is 4.48. The third-order valence-corrected chi connectivity index (χ3v) is 3.33. The SMILES string of the molecule is CN=C(NC)NCCC(C)N1CCCCC1. The highest BCUT2D eigenvalue weighted by Gasteiger charge is 2.15. The molecule has 16 heavy (non-hydrogen) atoms. The first-order valence-corrected chi connectivity index (χ1v) is 6.40. The van der Waals surface area contributed by atoms with E-state index in [2.05, 4.69) is 27.4 Å². The molecule has 2 N–H and O–H groups in total. The summed E-state index contributed by atoms with van der Waals surface area (Å²) in [6.07, 6.45) is 5.33. The number of hydrogen-bond acceptors (Lipinski definition) is 2. The molecule has 1 saturated heterocycles. The van der Waals surface area contributed by atoms with Crippen LogP contribution < -0.4 is 10.6 Å². The molecule has 0 aromatic rings. The Morgan fingerprint density at radius 1 is 1.31 bits per heavy atom. The average Bonchev–Trinajstić information content (AvgIpc) is 2.35. The molecule has 0 aliphatic carbocycles. The van der Waals surface area contributed by atoms with Crippen LogP contribution in [0.5, 0.6) is 0 Å². The summed E-state index contributed by atoms with van der Waals surface area (Å²) in [5.74, 6) is 0.880. The molecule has 4 nitrogen and oxygen atoms in total. The van der Waals surface area contributed by atoms with E-state index in [1.165, 1.54) is 38.8 Å². The van der Waals surface area contributed by atoms with Gasteiger partial charge in [0.2, 0.25) is 0 Å². The first kappa shape index (κ1) is 13.3. The normalized spacial score (nSPS) is 20.6. The lowest BCUT2D eigenvalue weighted by molar-refractivity contribution is 0.167. The lowest BCUT2D eigenvalue weighted by Gasteiger charge is -2.32. The van der Waals surface area contributed by atoms with E-state index in [4.69, 9.17) is 0 Å². The van der Waals surface area contributed by atoms with Gasteiger partial charge in [-0.3, -0.25) is 4.99 Å². The molecular formula is C12H26N4. The minimum atomic E-state index is 0.683. The van der Waals surface area contributed by atoms with Crippen LogP contribution in [0, 0.1) is 0 Å². The standard InChI is InChI=1S/C12H26N4/c1-11(16-9-5-4-6-10-16)7-8-15-12(13-2)14-3/h11H,4-10H2,1-3H3,(H2,13,14,15). The van der Waals surface area contributed by atoms with Crippen molar-refractivity contribution in [1.82, 2.24) is 15.5 Å². The molecule has 0 saturated carbocycles. The van der Waals surface area contributed by atoms with Gasteiger partial charge in [0.15, 0.2) is 5.96 Å². The number of nitrogens with zero attached hydrogens (tertiary/aromatic N) is 2. The maximum absolute atomic E-state index is 4.10. The van der Waals surface area contributed by atoms with Gasteiger partial charge in [0, 0.05) is 26.7 Å². The predicted octanol–water partition coefficient (Wildman–Crippen LogP) is 1.05. The Kier molecular flexibility index (Phi) is 6.23. The number of hydrogen-bond donors (Lipinski definition) is 2. The van der Waals surface area contributed by atoms with Gasteiger partial charge >= 0.3 is 0 Å². The molecule has 1 rings (SSSR count). The molecule has 94 valence electrons. The van der Waals surface area contributed by atoms with Gasteiger partial charge in [-0.15, -0.1) is 0 Å². The minimum Gasteiger partial charge on any atom is -0.359 e. The molecule has 1 aliphatic heterocycles. The van der Waals surface area contributed by atoms with E-state index in [0.717, 1.165) is 12.5 Å². The third-order valence-electron chi connectivity index (χ3n) is 3.33. The summed E-state index contributed by atoms with van der Waals surface area (Å²) in [7, 11) is 3.69. The molecule has 1 aliphatic rings. The maximum Gasteiger partial charge on any atom is 0.190 e. The van der Waals surface area contributed by atoms with Gasteiger partial charge in [-0.2, -0.15) is 0 Å². The van der Waals surface area contributed by atoms with E-state index in [1.54, 1.807) is 7.05 Å². The van der Waals surface area contributed by atoms with Crippen molar-refractivity contribution in [2.45, 2.75) is 38.6 Å². The van der Waals surface area contributed by atoms with Crippen molar-refractivity contribution in [3.8, 4) is 0 Å². The molecule has 0 amide bonds. The van der Waals surface area contributed by atoms with Gasteiger partial charge in [0.1, 0.15) is 0 Å². The monoisotopic (exact) mass is 226 g/mol. The Morgan fingerprint density at radius 3 is 2.56 bits per heavy atom. The zero-order valence-corrected chi connectivity index (χ0v) is 10.9. The van der Waals surface area contributed by atoms with E-state index in [-0.39, 0.29) is 0 Å². The summed E-state index contributed by atoms with van der Waals surface area (Å²) in [5.41, 5.74) is 0. The zero-order valence-electron chi connectivity index (χ0n) is 10.9. The Bertz CT molecular complexity index is 209. The molecule has 0 spiro atoms. The highest BCUT2D eigenvalue weighted by atomic mass is 15.2. The summed E-state index contributed by atoms with van der Waals surface area (Å²) < 4.78 is 0. The minimum absolute atomic E-state index is 0.683. The van der Waals surface area contributed by atoms with Crippen LogP contribution >= 0.6 is 0 Å². The fourth-order valence-corrected chi connectivity index (χ4v) is 2.22. The first-order chi connectivity index (χ1) is 7.77. The summed E-state index contributed by atoms with van der Waals surface area (Å²) in [5, 5.41) is 6.33. The lowest BCUT2D eigenvalue weighted by Crippen LogP contribution is -2.41. The van der Waals surface area contributed by atoms with Crippen molar-refractivity contribution in [1.29, 1.82) is 0 Å². The van der Waals surface area contributed by atoms with Gasteiger partial charge in [0.05, 0.1) is 0 Å². The van der Waals surface area contributed by atoms with Crippen LogP contribution in [0.2, 0.25) is 0 Å². The summed E-state index contributed by atoms with van der Waals surface area (Å²) in [6.45, 7) is 5.88. The molecule has 4 heteroatoms. The third kappa shape index (κ3) is 4.39. The van der Waals surface area contributed by atoms with Crippen LogP contribution in [-0.4, -0.2) is 50.6 Å². The van der Waals surface area contributed by atoms with Crippen LogP contribution in [0.1, 0.15) is 32.6 Å². The highest BCUT2D eigenvalue weighted by Crippen LogP contribution is 2.13. The van der Waals surface area contributed by atoms with Crippen molar-refractivity contribution in [3.05, 3.63) is 0 Å². The van der Waals surface area contributed by atoms with E-state index in [0.29, 0.717) is 6.04 Å². The van der Waals surface area contributed by atoms with Crippen LogP contribution in [0.3, 0.4) is 0 Å². The number of nitrogens with one attached hydrogen (secondary N) is 2. The van der Waals surface area contributed by atoms with E-state index >= 15 is 0 Å². The Balaban J connectivity index is 2.16. The number of piperidine rings is 1. The Labute approximate surface area is 99.5 Å². The van der Waals surface area contributed by atoms with E-state index in [1.807, 2.05) is 7.05 Å². The van der Waals surface area contributed by atoms with Crippen molar-refractivity contribution < 1.29 is 0 Å². The van der Waals surface area contributed by atoms with Gasteiger partial charge in [-0.1, -0.05) is 6.42 Å². The Hall–Kier alpha value is -0.770. The average molecular weight is 226 g/mol. The fraction of sp³-hybridized carbons (Fsp3) is 0.917. The predicted molar refractivity (Wildman–Crippen MR) is 69.9 cm³/mol. The summed E-state index contributed by atoms with van der Waals surface area (Å²) >= 11 is 0. The van der Waals surface area contributed by atoms with Crippen LogP contribution in [0.15, 0.2) is 4.99 Å². The molecule has 1 atom stereocenters. The second kappa shape index (κ2) is 7.49. The molecule has 0 radical (unpaired) electrons. The van der Waals surface area contributed by atoms with Crippen molar-refractivity contribution >= 4 is 5.96 Å². The van der Waals surface area contributed by atoms with Gasteiger partial charge in [-0.05, 0) is 39.3 Å². The van der Waals surface area contributed by atoms with Crippen LogP contribution in [-0.2, 0) is 0 Å². The molecule has 1 heterocycles. The van der Waals surface area contributed by atoms with Gasteiger partial charge in [0.25, 0.3) is 0 Å². The molecule has 0 bridgehead atoms. The molecule has 1 fully saturated rings. The molecular weight excluding hydrogens is 200 g/mol. The Morgan fingerprint density at radius 2 is 2.00 bits per heavy atom. The van der Waals surface area contributed by atoms with E-state index in [9.17, 15) is 0 Å². The topological polar surface area (TPSA) is 39.7 Å². The molecule has 0 aromatic carbocycles. The summed E-state index contributed by atoms with van der Waals surface area (Å²) in [6, 6.07) is 0.683. The number of aliphatic imine (C=N–C) groups is 1. The number of guanidine groups is 1. The molecule has 0 aromatic heterocycles. The zero-order chi connectivity index (χ0) is 11.8. The smallest absolute Gasteiger partial charge is 0.190 e. The van der Waals surface area contributed by atoms with Gasteiger partial charge < -0.3 is 15.5 Å². The number of likely N-dealkylation sites (tertiary alicyclic amines) is 1. The number of rotatable bonds is 4. The van der Waals surface area contributed by atoms with Crippen LogP contribution in [0.25, 0.3) is 0 Å². The summed E-state index contributed by atoms with van der Waals surface area (Å²) in [4.78, 5) is 6.70. The van der Waals surface area contributed by atoms with Crippen molar-refractivity contribution in [3.63, 3.8) is 0 Å². The van der Waals surface area contributed by atoms with Crippen molar-refractivity contribution in [2.24, 2.45) is 4.99 Å². The fourth-order valence-electron chi connectivity index (χ4n) is 2.22. The van der Waals surface area contributed by atoms with E-state index < -0.39 is 0 Å². The lowest BCUT2D eigenvalue weighted by atomic mass is 10.1. The quantitative estimate of drug-likeness (QED) is 0.556. The highest BCUT2D eigenvalue weighted by molar-refractivity contribution is 5.79. The van der Waals surface area contributed by atoms with Crippen LogP contribution in [0.4, 0.5) is 0 Å². The van der Waals surface area contributed by atoms with Gasteiger partial charge in [-0.25, -0.2) is 0 Å².